The van der Waals surface area contributed by atoms with E-state index in [-0.39, 0.29) is 0 Å². The average molecular weight is 207 g/mol. The zero-order valence-electron chi connectivity index (χ0n) is 8.57. The fourth-order valence-electron chi connectivity index (χ4n) is 1.26. The van der Waals surface area contributed by atoms with Crippen LogP contribution in [0.5, 0.6) is 0 Å². The van der Waals surface area contributed by atoms with E-state index in [0.29, 0.717) is 5.25 Å². The molecule has 0 radical (unpaired) electrons. The fourth-order valence-corrected chi connectivity index (χ4v) is 2.40. The van der Waals surface area contributed by atoms with Crippen molar-refractivity contribution in [3.8, 4) is 0 Å². The molecule has 0 aliphatic rings. The van der Waals surface area contributed by atoms with Gasteiger partial charge in [0.15, 0.2) is 0 Å². The number of nitrogen functional groups attached to an aromatic ring is 1. The summed E-state index contributed by atoms with van der Waals surface area (Å²) in [6.07, 6.45) is 4.33. The Labute approximate surface area is 90.4 Å². The van der Waals surface area contributed by atoms with E-state index < -0.39 is 0 Å². The van der Waals surface area contributed by atoms with Crippen molar-refractivity contribution in [2.75, 3.05) is 5.73 Å². The molecule has 0 aromatic heterocycles. The highest BCUT2D eigenvalue weighted by Crippen LogP contribution is 2.30. The summed E-state index contributed by atoms with van der Waals surface area (Å²) in [6, 6.07) is 7.98. The average Bonchev–Trinajstić information content (AvgIpc) is 2.20. The van der Waals surface area contributed by atoms with Crippen LogP contribution in [-0.2, 0) is 0 Å². The highest BCUT2D eigenvalue weighted by molar-refractivity contribution is 8.00. The zero-order chi connectivity index (χ0) is 10.4. The molecule has 1 aromatic carbocycles. The molecule has 1 atom stereocenters. The molecule has 1 aromatic rings. The molecule has 0 bridgehead atoms. The number of benzene rings is 1. The Morgan fingerprint density at radius 2 is 2.21 bits per heavy atom. The minimum atomic E-state index is 0.477. The molecule has 76 valence electrons. The summed E-state index contributed by atoms with van der Waals surface area (Å²) in [5.74, 6) is 0. The van der Waals surface area contributed by atoms with Crippen LogP contribution < -0.4 is 5.73 Å². The van der Waals surface area contributed by atoms with Crippen LogP contribution in [0.3, 0.4) is 0 Å². The van der Waals surface area contributed by atoms with Gasteiger partial charge in [-0.1, -0.05) is 31.6 Å². The lowest BCUT2D eigenvalue weighted by molar-refractivity contribution is 0.828. The first-order chi connectivity index (χ1) is 6.77. The highest BCUT2D eigenvalue weighted by atomic mass is 32.2. The third kappa shape index (κ3) is 3.11. The molecular weight excluding hydrogens is 190 g/mol. The molecule has 0 spiro atoms. The van der Waals surface area contributed by atoms with Crippen molar-refractivity contribution < 1.29 is 0 Å². The molecule has 0 unspecified atom stereocenters. The Morgan fingerprint density at radius 3 is 2.79 bits per heavy atom. The molecule has 0 saturated carbocycles. The van der Waals surface area contributed by atoms with Crippen molar-refractivity contribution in [2.45, 2.75) is 29.9 Å². The number of anilines is 1. The van der Waals surface area contributed by atoms with Gasteiger partial charge in [0.25, 0.3) is 0 Å². The lowest BCUT2D eigenvalue weighted by Gasteiger charge is -2.12. The monoisotopic (exact) mass is 207 g/mol. The highest BCUT2D eigenvalue weighted by Gasteiger charge is 2.06. The summed E-state index contributed by atoms with van der Waals surface area (Å²) < 4.78 is 0. The second kappa shape index (κ2) is 5.76. The molecule has 2 heteroatoms. The molecule has 0 heterocycles. The van der Waals surface area contributed by atoms with Gasteiger partial charge < -0.3 is 5.73 Å². The predicted octanol–water partition coefficient (Wildman–Crippen LogP) is 3.72. The van der Waals surface area contributed by atoms with E-state index in [1.54, 1.807) is 11.8 Å². The number of nitrogens with two attached hydrogens (primary N) is 1. The van der Waals surface area contributed by atoms with Gasteiger partial charge in [-0.3, -0.25) is 0 Å². The lowest BCUT2D eigenvalue weighted by Crippen LogP contribution is -1.98. The van der Waals surface area contributed by atoms with E-state index in [0.717, 1.165) is 17.0 Å². The van der Waals surface area contributed by atoms with Crippen molar-refractivity contribution in [1.82, 2.24) is 0 Å². The number of hydrogen-bond donors (Lipinski definition) is 1. The second-order valence-corrected chi connectivity index (χ2v) is 4.50. The molecule has 1 nitrogen and oxygen atoms in total. The van der Waals surface area contributed by atoms with E-state index in [4.69, 9.17) is 5.73 Å². The summed E-state index contributed by atoms with van der Waals surface area (Å²) in [5, 5.41) is 0.477. The van der Waals surface area contributed by atoms with Gasteiger partial charge >= 0.3 is 0 Å². The molecule has 2 N–H and O–H groups in total. The number of hydrogen-bond acceptors (Lipinski definition) is 2. The van der Waals surface area contributed by atoms with Crippen LogP contribution in [0.1, 0.15) is 19.8 Å². The Balaban J connectivity index is 2.66. The molecule has 14 heavy (non-hydrogen) atoms. The van der Waals surface area contributed by atoms with Crippen molar-refractivity contribution in [3.05, 3.63) is 36.9 Å². The maximum atomic E-state index is 5.86. The molecule has 0 amide bonds. The minimum absolute atomic E-state index is 0.477. The molecular formula is C12H17NS. The summed E-state index contributed by atoms with van der Waals surface area (Å²) in [4.78, 5) is 1.16. The normalized spacial score (nSPS) is 12.4. The zero-order valence-corrected chi connectivity index (χ0v) is 9.39. The summed E-state index contributed by atoms with van der Waals surface area (Å²) >= 11 is 1.80. The van der Waals surface area contributed by atoms with Crippen molar-refractivity contribution in [3.63, 3.8) is 0 Å². The molecule has 0 aliphatic carbocycles. The fraction of sp³-hybridized carbons (Fsp3) is 0.333. The third-order valence-electron chi connectivity index (χ3n) is 2.03. The molecule has 1 rings (SSSR count). The van der Waals surface area contributed by atoms with Gasteiger partial charge in [-0.05, 0) is 18.6 Å². The third-order valence-corrected chi connectivity index (χ3v) is 3.39. The van der Waals surface area contributed by atoms with Crippen LogP contribution in [0.2, 0.25) is 0 Å². The topological polar surface area (TPSA) is 26.0 Å². The van der Waals surface area contributed by atoms with E-state index >= 15 is 0 Å². The van der Waals surface area contributed by atoms with Crippen molar-refractivity contribution in [2.24, 2.45) is 0 Å². The Morgan fingerprint density at radius 1 is 1.50 bits per heavy atom. The maximum Gasteiger partial charge on any atom is 0.0452 e. The van der Waals surface area contributed by atoms with Gasteiger partial charge in [0.2, 0.25) is 0 Å². The first-order valence-electron chi connectivity index (χ1n) is 4.91. The number of thioether (sulfide) groups is 1. The van der Waals surface area contributed by atoms with Crippen LogP contribution in [0.4, 0.5) is 5.69 Å². The SMILES string of the molecule is C=C[C@H](CCC)Sc1ccccc1N. The smallest absolute Gasteiger partial charge is 0.0452 e. The Kier molecular flexibility index (Phi) is 4.60. The van der Waals surface area contributed by atoms with Gasteiger partial charge in [0.1, 0.15) is 0 Å². The second-order valence-electron chi connectivity index (χ2n) is 3.22. The van der Waals surface area contributed by atoms with Crippen molar-refractivity contribution in [1.29, 1.82) is 0 Å². The van der Waals surface area contributed by atoms with Gasteiger partial charge in [-0.2, -0.15) is 0 Å². The summed E-state index contributed by atoms with van der Waals surface area (Å²) in [6.45, 7) is 6.03. The van der Waals surface area contributed by atoms with E-state index in [9.17, 15) is 0 Å². The van der Waals surface area contributed by atoms with Crippen LogP contribution >= 0.6 is 11.8 Å². The number of para-hydroxylation sites is 1. The van der Waals surface area contributed by atoms with Gasteiger partial charge in [-0.15, -0.1) is 18.3 Å². The van der Waals surface area contributed by atoms with Gasteiger partial charge in [-0.25, -0.2) is 0 Å². The summed E-state index contributed by atoms with van der Waals surface area (Å²) in [5.41, 5.74) is 6.73. The Bertz CT molecular complexity index is 296. The van der Waals surface area contributed by atoms with Crippen LogP contribution in [0, 0.1) is 0 Å². The quantitative estimate of drug-likeness (QED) is 0.452. The first-order valence-corrected chi connectivity index (χ1v) is 5.79. The minimum Gasteiger partial charge on any atom is -0.398 e. The largest absolute Gasteiger partial charge is 0.398 e. The number of rotatable bonds is 5. The van der Waals surface area contributed by atoms with Crippen LogP contribution in [-0.4, -0.2) is 5.25 Å². The predicted molar refractivity (Wildman–Crippen MR) is 65.6 cm³/mol. The van der Waals surface area contributed by atoms with E-state index in [1.165, 1.54) is 6.42 Å². The van der Waals surface area contributed by atoms with E-state index in [1.807, 2.05) is 24.3 Å². The van der Waals surface area contributed by atoms with E-state index in [2.05, 4.69) is 19.6 Å². The van der Waals surface area contributed by atoms with Crippen molar-refractivity contribution >= 4 is 17.4 Å². The van der Waals surface area contributed by atoms with Gasteiger partial charge in [0.05, 0.1) is 0 Å². The first kappa shape index (κ1) is 11.2. The molecule has 0 aliphatic heterocycles. The summed E-state index contributed by atoms with van der Waals surface area (Å²) in [7, 11) is 0. The van der Waals surface area contributed by atoms with Crippen LogP contribution in [0.15, 0.2) is 41.8 Å². The van der Waals surface area contributed by atoms with Gasteiger partial charge in [0, 0.05) is 15.8 Å². The molecule has 0 fully saturated rings. The standard InChI is InChI=1S/C12H17NS/c1-3-7-10(4-2)14-12-9-6-5-8-11(12)13/h4-6,8-10H,2-3,7,13H2,1H3/t10-/m1/s1. The maximum absolute atomic E-state index is 5.86. The molecule has 0 saturated heterocycles. The Hall–Kier alpha value is -0.890. The lowest BCUT2D eigenvalue weighted by atomic mass is 10.2. The van der Waals surface area contributed by atoms with Crippen LogP contribution in [0.25, 0.3) is 0 Å².